The van der Waals surface area contributed by atoms with Gasteiger partial charge in [0.05, 0.1) is 24.1 Å². The molecule has 0 bridgehead atoms. The molecule has 1 fully saturated rings. The van der Waals surface area contributed by atoms with Gasteiger partial charge in [-0.2, -0.15) is 0 Å². The Bertz CT molecular complexity index is 684. The molecule has 7 heteroatoms. The first kappa shape index (κ1) is 14.4. The lowest BCUT2D eigenvalue weighted by molar-refractivity contribution is 0.0352. The zero-order valence-electron chi connectivity index (χ0n) is 11.8. The summed E-state index contributed by atoms with van der Waals surface area (Å²) in [6, 6.07) is 9.20. The molecule has 0 amide bonds. The van der Waals surface area contributed by atoms with Gasteiger partial charge in [-0.05, 0) is 13.3 Å². The summed E-state index contributed by atoms with van der Waals surface area (Å²) in [7, 11) is -2.88. The van der Waals surface area contributed by atoms with Gasteiger partial charge in [0.2, 0.25) is 0 Å². The van der Waals surface area contributed by atoms with Gasteiger partial charge in [-0.15, -0.1) is 5.10 Å². The molecule has 1 aliphatic rings. The molecule has 3 atom stereocenters. The first-order chi connectivity index (χ1) is 9.99. The van der Waals surface area contributed by atoms with E-state index in [0.29, 0.717) is 18.3 Å². The number of rotatable bonds is 3. The Kier molecular flexibility index (Phi) is 3.48. The minimum absolute atomic E-state index is 0.256. The van der Waals surface area contributed by atoms with Crippen molar-refractivity contribution in [3.05, 3.63) is 42.2 Å². The van der Waals surface area contributed by atoms with Crippen molar-refractivity contribution in [2.24, 2.45) is 0 Å². The van der Waals surface area contributed by atoms with Crippen molar-refractivity contribution in [1.29, 1.82) is 0 Å². The number of aromatic nitrogens is 3. The van der Waals surface area contributed by atoms with E-state index in [-0.39, 0.29) is 6.61 Å². The lowest BCUT2D eigenvalue weighted by Crippen LogP contribution is -2.34. The Balaban J connectivity index is 2.16. The molecule has 1 unspecified atom stereocenters. The second kappa shape index (κ2) is 5.05. The third-order valence-corrected chi connectivity index (χ3v) is 7.76. The largest absolute Gasteiger partial charge is 0.390 e. The number of aliphatic hydroxyl groups is 2. The number of nitrogens with zero attached hydrogens (tertiary/aromatic N) is 3. The van der Waals surface area contributed by atoms with E-state index in [4.69, 9.17) is 0 Å². The summed E-state index contributed by atoms with van der Waals surface area (Å²) in [6.07, 6.45) is 2.28. The predicted molar refractivity (Wildman–Crippen MR) is 78.8 cm³/mol. The minimum Gasteiger partial charge on any atom is -0.390 e. The van der Waals surface area contributed by atoms with Crippen LogP contribution in [0.2, 0.25) is 0 Å². The Labute approximate surface area is 122 Å². The van der Waals surface area contributed by atoms with Gasteiger partial charge in [-0.25, -0.2) is 4.68 Å². The van der Waals surface area contributed by atoms with E-state index in [9.17, 15) is 14.8 Å². The van der Waals surface area contributed by atoms with E-state index in [1.165, 1.54) is 10.9 Å². The molecule has 2 heterocycles. The van der Waals surface area contributed by atoms with E-state index in [1.54, 1.807) is 6.92 Å². The topological polar surface area (TPSA) is 88.2 Å². The van der Waals surface area contributed by atoms with Crippen LogP contribution in [0, 0.1) is 0 Å². The molecule has 6 nitrogen and oxygen atoms in total. The molecule has 1 aromatic heterocycles. The van der Waals surface area contributed by atoms with E-state index < -0.39 is 18.5 Å². The third kappa shape index (κ3) is 2.24. The summed E-state index contributed by atoms with van der Waals surface area (Å²) in [6.45, 7) is 1.41. The average molecular weight is 307 g/mol. The maximum Gasteiger partial charge on any atom is 0.142 e. The highest BCUT2D eigenvalue weighted by molar-refractivity contribution is 7.72. The van der Waals surface area contributed by atoms with Crippen LogP contribution in [0.15, 0.2) is 36.5 Å². The normalized spacial score (nSPS) is 32.4. The van der Waals surface area contributed by atoms with Crippen LogP contribution in [0.1, 0.15) is 24.8 Å². The lowest BCUT2D eigenvalue weighted by Gasteiger charge is -2.30. The second-order valence-corrected chi connectivity index (χ2v) is 8.71. The molecule has 2 N–H and O–H groups in total. The first-order valence-corrected chi connectivity index (χ1v) is 8.82. The van der Waals surface area contributed by atoms with Crippen LogP contribution >= 0.6 is 7.14 Å². The molecule has 112 valence electrons. The van der Waals surface area contributed by atoms with Crippen molar-refractivity contribution in [2.45, 2.75) is 31.3 Å². The van der Waals surface area contributed by atoms with E-state index >= 15 is 0 Å². The quantitative estimate of drug-likeness (QED) is 0.829. The molecule has 1 saturated heterocycles. The van der Waals surface area contributed by atoms with Crippen LogP contribution in [0.4, 0.5) is 0 Å². The maximum atomic E-state index is 13.6. The molecular weight excluding hydrogens is 289 g/mol. The van der Waals surface area contributed by atoms with Crippen LogP contribution in [0.25, 0.3) is 0 Å². The molecule has 0 spiro atoms. The Morgan fingerprint density at radius 2 is 2.14 bits per heavy atom. The van der Waals surface area contributed by atoms with Crippen molar-refractivity contribution >= 4 is 12.4 Å². The highest BCUT2D eigenvalue weighted by Crippen LogP contribution is 2.66. The molecule has 0 aliphatic carbocycles. The van der Waals surface area contributed by atoms with Gasteiger partial charge in [0.25, 0.3) is 0 Å². The zero-order chi connectivity index (χ0) is 15.1. The third-order valence-electron chi connectivity index (χ3n) is 4.14. The fraction of sp³-hybridized carbons (Fsp3) is 0.429. The number of aliphatic hydroxyl groups excluding tert-OH is 1. The second-order valence-electron chi connectivity index (χ2n) is 5.66. The van der Waals surface area contributed by atoms with E-state index in [2.05, 4.69) is 10.3 Å². The Morgan fingerprint density at radius 1 is 1.43 bits per heavy atom. The molecule has 0 radical (unpaired) electrons. The molecule has 2 aromatic rings. The van der Waals surface area contributed by atoms with Gasteiger partial charge in [0.1, 0.15) is 12.9 Å². The fourth-order valence-electron chi connectivity index (χ4n) is 3.07. The van der Waals surface area contributed by atoms with Crippen LogP contribution < -0.4 is 5.30 Å². The molecule has 21 heavy (non-hydrogen) atoms. The van der Waals surface area contributed by atoms with E-state index in [1.807, 2.05) is 30.3 Å². The summed E-state index contributed by atoms with van der Waals surface area (Å²) >= 11 is 0. The van der Waals surface area contributed by atoms with E-state index in [0.717, 1.165) is 5.30 Å². The maximum absolute atomic E-state index is 13.6. The van der Waals surface area contributed by atoms with Gasteiger partial charge < -0.3 is 14.8 Å². The molecule has 1 aliphatic heterocycles. The highest BCUT2D eigenvalue weighted by Gasteiger charge is 2.54. The van der Waals surface area contributed by atoms with Gasteiger partial charge in [-0.1, -0.05) is 35.5 Å². The molecule has 1 aromatic carbocycles. The number of hydrogen-bond acceptors (Lipinski definition) is 5. The van der Waals surface area contributed by atoms with Crippen molar-refractivity contribution < 1.29 is 14.8 Å². The summed E-state index contributed by atoms with van der Waals surface area (Å²) in [4.78, 5) is 0. The molecule has 3 rings (SSSR count). The van der Waals surface area contributed by atoms with Crippen molar-refractivity contribution in [1.82, 2.24) is 15.0 Å². The molecule has 0 saturated carbocycles. The predicted octanol–water partition coefficient (Wildman–Crippen LogP) is 1.11. The van der Waals surface area contributed by atoms with Crippen molar-refractivity contribution in [3.8, 4) is 0 Å². The Morgan fingerprint density at radius 3 is 2.81 bits per heavy atom. The first-order valence-electron chi connectivity index (χ1n) is 6.86. The smallest absolute Gasteiger partial charge is 0.142 e. The average Bonchev–Trinajstić information content (AvgIpc) is 3.02. The van der Waals surface area contributed by atoms with Crippen molar-refractivity contribution in [2.75, 3.05) is 6.16 Å². The van der Waals surface area contributed by atoms with Crippen LogP contribution in [-0.4, -0.2) is 37.0 Å². The van der Waals surface area contributed by atoms with Gasteiger partial charge in [-0.3, -0.25) is 0 Å². The number of hydrogen-bond donors (Lipinski definition) is 2. The summed E-state index contributed by atoms with van der Waals surface area (Å²) in [5.74, 6) is -0.697. The van der Waals surface area contributed by atoms with Crippen molar-refractivity contribution in [3.63, 3.8) is 0 Å². The highest BCUT2D eigenvalue weighted by atomic mass is 31.2. The minimum atomic E-state index is -2.88. The Hall–Kier alpha value is -1.49. The zero-order valence-corrected chi connectivity index (χ0v) is 12.6. The van der Waals surface area contributed by atoms with Gasteiger partial charge in [0, 0.05) is 11.5 Å². The molecular formula is C14H18N3O3P. The standard InChI is InChI=1S/C14H18N3O3P/c1-14(19)7-8-21(20,12-5-3-2-4-6-12)13(14)17-11(10-18)9-15-16-17/h2-6,9,13,18-19H,7-8,10H2,1H3/t13-,14-,21?/m1/s1. The van der Waals surface area contributed by atoms with Crippen LogP contribution in [0.5, 0.6) is 0 Å². The summed E-state index contributed by atoms with van der Waals surface area (Å²) in [5.41, 5.74) is -0.693. The van der Waals surface area contributed by atoms with Crippen LogP contribution in [0.3, 0.4) is 0 Å². The SMILES string of the molecule is C[C@@]1(O)CCP(=O)(c2ccccc2)[C@H]1n1nncc1CO. The number of benzene rings is 1. The van der Waals surface area contributed by atoms with Crippen LogP contribution in [-0.2, 0) is 11.2 Å². The van der Waals surface area contributed by atoms with Gasteiger partial charge >= 0.3 is 0 Å². The summed E-state index contributed by atoms with van der Waals surface area (Å²) < 4.78 is 15.0. The summed E-state index contributed by atoms with van der Waals surface area (Å²) in [5, 5.41) is 28.6. The fourth-order valence-corrected chi connectivity index (χ4v) is 6.89. The monoisotopic (exact) mass is 307 g/mol. The van der Waals surface area contributed by atoms with Gasteiger partial charge in [0.15, 0.2) is 0 Å². The lowest BCUT2D eigenvalue weighted by atomic mass is 10.0.